The predicted molar refractivity (Wildman–Crippen MR) is 109 cm³/mol. The van der Waals surface area contributed by atoms with Crippen LogP contribution in [0.1, 0.15) is 5.56 Å². The summed E-state index contributed by atoms with van der Waals surface area (Å²) in [5.41, 5.74) is 1.32. The molecule has 7 heteroatoms. The lowest BCUT2D eigenvalue weighted by atomic mass is 10.0. The summed E-state index contributed by atoms with van der Waals surface area (Å²) in [5, 5.41) is 5.34. The van der Waals surface area contributed by atoms with E-state index in [1.165, 1.54) is 6.07 Å². The van der Waals surface area contributed by atoms with E-state index >= 15 is 0 Å². The minimum atomic E-state index is -3.63. The van der Waals surface area contributed by atoms with Gasteiger partial charge in [-0.3, -0.25) is 9.10 Å². The Kier molecular flexibility index (Phi) is 5.68. The first kappa shape index (κ1) is 19.2. The van der Waals surface area contributed by atoms with E-state index in [1.54, 1.807) is 18.2 Å². The van der Waals surface area contributed by atoms with Crippen molar-refractivity contribution in [2.75, 3.05) is 17.1 Å². The number of anilines is 1. The second-order valence-corrected chi connectivity index (χ2v) is 8.51. The maximum absolute atomic E-state index is 12.4. The lowest BCUT2D eigenvalue weighted by Gasteiger charge is -2.22. The lowest BCUT2D eigenvalue weighted by molar-refractivity contribution is -0.119. The third-order valence-corrected chi connectivity index (χ3v) is 5.52. The predicted octanol–water partition coefficient (Wildman–Crippen LogP) is 3.58. The maximum Gasteiger partial charge on any atom is 0.241 e. The minimum Gasteiger partial charge on any atom is -0.350 e. The smallest absolute Gasteiger partial charge is 0.241 e. The van der Waals surface area contributed by atoms with E-state index in [1.807, 2.05) is 42.5 Å². The van der Waals surface area contributed by atoms with E-state index in [4.69, 9.17) is 11.6 Å². The largest absolute Gasteiger partial charge is 0.350 e. The summed E-state index contributed by atoms with van der Waals surface area (Å²) >= 11 is 5.95. The van der Waals surface area contributed by atoms with Crippen LogP contribution in [0.15, 0.2) is 66.7 Å². The van der Waals surface area contributed by atoms with Gasteiger partial charge in [-0.25, -0.2) is 8.42 Å². The third-order valence-electron chi connectivity index (χ3n) is 4.14. The van der Waals surface area contributed by atoms with Gasteiger partial charge < -0.3 is 5.32 Å². The first-order chi connectivity index (χ1) is 12.8. The van der Waals surface area contributed by atoms with Crippen LogP contribution in [0.5, 0.6) is 0 Å². The number of fused-ring (bicyclic) bond motifs is 1. The molecule has 3 aromatic rings. The molecule has 0 heterocycles. The monoisotopic (exact) mass is 402 g/mol. The molecule has 0 fully saturated rings. The van der Waals surface area contributed by atoms with Gasteiger partial charge in [0.15, 0.2) is 0 Å². The summed E-state index contributed by atoms with van der Waals surface area (Å²) in [6, 6.07) is 20.2. The Bertz CT molecular complexity index is 1080. The molecule has 0 radical (unpaired) electrons. The Morgan fingerprint density at radius 1 is 1.04 bits per heavy atom. The van der Waals surface area contributed by atoms with E-state index in [0.29, 0.717) is 17.3 Å². The van der Waals surface area contributed by atoms with Crippen LogP contribution in [0.3, 0.4) is 0 Å². The first-order valence-electron chi connectivity index (χ1n) is 8.31. The zero-order valence-electron chi connectivity index (χ0n) is 14.7. The Balaban J connectivity index is 1.75. The van der Waals surface area contributed by atoms with Crippen molar-refractivity contribution in [1.29, 1.82) is 0 Å². The fourth-order valence-corrected chi connectivity index (χ4v) is 3.89. The highest BCUT2D eigenvalue weighted by atomic mass is 35.5. The minimum absolute atomic E-state index is 0.313. The second-order valence-electron chi connectivity index (χ2n) is 6.16. The van der Waals surface area contributed by atoms with Gasteiger partial charge in [-0.15, -0.1) is 0 Å². The molecule has 1 N–H and O–H groups in total. The zero-order valence-corrected chi connectivity index (χ0v) is 16.3. The molecule has 0 bridgehead atoms. The molecule has 140 valence electrons. The van der Waals surface area contributed by atoms with Crippen molar-refractivity contribution < 1.29 is 13.2 Å². The molecule has 3 rings (SSSR count). The van der Waals surface area contributed by atoms with Gasteiger partial charge in [0, 0.05) is 11.6 Å². The number of nitrogens with one attached hydrogen (secondary N) is 1. The van der Waals surface area contributed by atoms with Gasteiger partial charge in [-0.05, 0) is 34.5 Å². The maximum atomic E-state index is 12.4. The first-order valence-corrected chi connectivity index (χ1v) is 10.5. The molecule has 0 aliphatic rings. The third kappa shape index (κ3) is 4.78. The number of halogens is 1. The molecule has 0 saturated heterocycles. The van der Waals surface area contributed by atoms with Gasteiger partial charge in [0.2, 0.25) is 15.9 Å². The summed E-state index contributed by atoms with van der Waals surface area (Å²) in [5.74, 6) is -0.395. The number of amides is 1. The SMILES string of the molecule is CS(=O)(=O)N(CC(=O)NCc1cccc2ccccc12)c1cccc(Cl)c1. The van der Waals surface area contributed by atoms with Gasteiger partial charge in [0.05, 0.1) is 11.9 Å². The normalized spacial score (nSPS) is 11.3. The zero-order chi connectivity index (χ0) is 19.4. The molecule has 0 aromatic heterocycles. The fraction of sp³-hybridized carbons (Fsp3) is 0.150. The Morgan fingerprint density at radius 2 is 1.74 bits per heavy atom. The van der Waals surface area contributed by atoms with Crippen LogP contribution in [-0.2, 0) is 21.4 Å². The van der Waals surface area contributed by atoms with Gasteiger partial charge in [0.25, 0.3) is 0 Å². The van der Waals surface area contributed by atoms with Crippen LogP contribution in [0, 0.1) is 0 Å². The van der Waals surface area contributed by atoms with Crippen molar-refractivity contribution in [2.45, 2.75) is 6.54 Å². The number of carbonyl (C=O) groups excluding carboxylic acids is 1. The Morgan fingerprint density at radius 3 is 2.48 bits per heavy atom. The molecule has 0 unspecified atom stereocenters. The number of hydrogen-bond donors (Lipinski definition) is 1. The van der Waals surface area contributed by atoms with Gasteiger partial charge in [-0.2, -0.15) is 0 Å². The Hall–Kier alpha value is -2.57. The highest BCUT2D eigenvalue weighted by molar-refractivity contribution is 7.92. The van der Waals surface area contributed by atoms with Gasteiger partial charge >= 0.3 is 0 Å². The second kappa shape index (κ2) is 7.98. The van der Waals surface area contributed by atoms with E-state index in [9.17, 15) is 13.2 Å². The van der Waals surface area contributed by atoms with Crippen LogP contribution in [0.4, 0.5) is 5.69 Å². The van der Waals surface area contributed by atoms with E-state index in [0.717, 1.165) is 26.9 Å². The van der Waals surface area contributed by atoms with E-state index in [-0.39, 0.29) is 6.54 Å². The van der Waals surface area contributed by atoms with Crippen molar-refractivity contribution in [1.82, 2.24) is 5.32 Å². The van der Waals surface area contributed by atoms with Crippen LogP contribution < -0.4 is 9.62 Å². The lowest BCUT2D eigenvalue weighted by Crippen LogP contribution is -2.40. The highest BCUT2D eigenvalue weighted by Gasteiger charge is 2.21. The topological polar surface area (TPSA) is 66.5 Å². The summed E-state index contributed by atoms with van der Waals surface area (Å²) in [7, 11) is -3.63. The summed E-state index contributed by atoms with van der Waals surface area (Å²) in [4.78, 5) is 12.4. The molecule has 0 atom stereocenters. The molecule has 5 nitrogen and oxygen atoms in total. The number of rotatable bonds is 6. The number of sulfonamides is 1. The van der Waals surface area contributed by atoms with Crippen molar-refractivity contribution in [3.05, 3.63) is 77.3 Å². The molecule has 0 aliphatic carbocycles. The number of carbonyl (C=O) groups is 1. The van der Waals surface area contributed by atoms with E-state index in [2.05, 4.69) is 5.32 Å². The molecule has 3 aromatic carbocycles. The molecule has 0 saturated carbocycles. The van der Waals surface area contributed by atoms with Crippen molar-refractivity contribution in [3.8, 4) is 0 Å². The molecule has 1 amide bonds. The summed E-state index contributed by atoms with van der Waals surface area (Å²) in [6.45, 7) is -0.00270. The molecular weight excluding hydrogens is 384 g/mol. The average Bonchev–Trinajstić information content (AvgIpc) is 2.63. The Labute approximate surface area is 163 Å². The van der Waals surface area contributed by atoms with Crippen LogP contribution in [0.25, 0.3) is 10.8 Å². The molecular formula is C20H19ClN2O3S. The summed E-state index contributed by atoms with van der Waals surface area (Å²) < 4.78 is 25.3. The quantitative estimate of drug-likeness (QED) is 0.685. The number of nitrogens with zero attached hydrogens (tertiary/aromatic N) is 1. The van der Waals surface area contributed by atoms with Crippen LogP contribution in [-0.4, -0.2) is 27.1 Å². The molecule has 27 heavy (non-hydrogen) atoms. The standard InChI is InChI=1S/C20H19ClN2O3S/c1-27(25,26)23(18-10-5-9-17(21)12-18)14-20(24)22-13-16-8-4-7-15-6-2-3-11-19(15)16/h2-12H,13-14H2,1H3,(H,22,24). The van der Waals surface area contributed by atoms with Crippen molar-refractivity contribution in [3.63, 3.8) is 0 Å². The summed E-state index contributed by atoms with van der Waals surface area (Å²) in [6.07, 6.45) is 1.06. The van der Waals surface area contributed by atoms with E-state index < -0.39 is 15.9 Å². The number of benzene rings is 3. The molecule has 0 spiro atoms. The van der Waals surface area contributed by atoms with Crippen LogP contribution >= 0.6 is 11.6 Å². The van der Waals surface area contributed by atoms with Gasteiger partial charge in [0.1, 0.15) is 6.54 Å². The fourth-order valence-electron chi connectivity index (χ4n) is 2.86. The van der Waals surface area contributed by atoms with Crippen LogP contribution in [0.2, 0.25) is 5.02 Å². The average molecular weight is 403 g/mol. The molecule has 0 aliphatic heterocycles. The van der Waals surface area contributed by atoms with Gasteiger partial charge in [-0.1, -0.05) is 60.1 Å². The van der Waals surface area contributed by atoms with Crippen molar-refractivity contribution in [2.24, 2.45) is 0 Å². The van der Waals surface area contributed by atoms with Crippen molar-refractivity contribution >= 4 is 44.0 Å². The number of hydrogen-bond acceptors (Lipinski definition) is 3. The highest BCUT2D eigenvalue weighted by Crippen LogP contribution is 2.22.